The van der Waals surface area contributed by atoms with Crippen molar-refractivity contribution in [3.8, 4) is 0 Å². The number of aryl methyl sites for hydroxylation is 1. The van der Waals surface area contributed by atoms with E-state index in [1.165, 1.54) is 0 Å². The second-order valence-electron chi connectivity index (χ2n) is 7.28. The maximum absolute atomic E-state index is 12.9. The maximum atomic E-state index is 12.9. The van der Waals surface area contributed by atoms with Crippen molar-refractivity contribution in [2.75, 3.05) is 13.1 Å². The van der Waals surface area contributed by atoms with Crippen LogP contribution in [0.3, 0.4) is 0 Å². The zero-order valence-electron chi connectivity index (χ0n) is 16.7. The van der Waals surface area contributed by atoms with Gasteiger partial charge < -0.3 is 15.2 Å². The average molecular weight is 453 g/mol. The second kappa shape index (κ2) is 10.6. The molecule has 1 atom stereocenters. The van der Waals surface area contributed by atoms with E-state index in [1.54, 1.807) is 42.5 Å². The molecule has 2 N–H and O–H groups in total. The van der Waals surface area contributed by atoms with Crippen molar-refractivity contribution >= 4 is 36.4 Å². The second-order valence-corrected chi connectivity index (χ2v) is 7.28. The van der Waals surface area contributed by atoms with Crippen molar-refractivity contribution < 1.29 is 4.79 Å². The number of nitrogens with zero attached hydrogens (tertiary/aromatic N) is 4. The summed E-state index contributed by atoms with van der Waals surface area (Å²) in [6.07, 6.45) is 10.8. The number of carbonyl (C=O) groups is 1. The smallest absolute Gasteiger partial charge is 0.263 e. The third-order valence-corrected chi connectivity index (χ3v) is 5.28. The van der Waals surface area contributed by atoms with E-state index < -0.39 is 0 Å². The minimum Gasteiger partial charge on any atom is -0.346 e. The Morgan fingerprint density at radius 1 is 1.30 bits per heavy atom. The summed E-state index contributed by atoms with van der Waals surface area (Å²) in [7, 11) is 0. The third kappa shape index (κ3) is 5.00. The van der Waals surface area contributed by atoms with Crippen LogP contribution in [0.25, 0.3) is 5.65 Å². The first-order valence-corrected chi connectivity index (χ1v) is 9.58. The Morgan fingerprint density at radius 2 is 2.13 bits per heavy atom. The lowest BCUT2D eigenvalue weighted by molar-refractivity contribution is 0.0947. The molecule has 1 aliphatic heterocycles. The summed E-state index contributed by atoms with van der Waals surface area (Å²) in [5.41, 5.74) is 2.20. The molecule has 1 amide bonds. The van der Waals surface area contributed by atoms with Gasteiger partial charge in [-0.05, 0) is 50.4 Å². The highest BCUT2D eigenvalue weighted by molar-refractivity contribution is 5.95. The van der Waals surface area contributed by atoms with Crippen LogP contribution in [-0.4, -0.2) is 37.9 Å². The Hall–Kier alpha value is -2.42. The van der Waals surface area contributed by atoms with Crippen LogP contribution in [0.2, 0.25) is 0 Å². The standard InChI is InChI=1S/C20H24N6O2.2ClH/c1-14-4-7-25(13-15-3-2-5-21-9-15)20(28)18(14)19(27)24-11-16-10-23-17-12-22-6-8-26(16)17;;/h4,6-8,10,12,15,21H,2-3,5,9,11,13H2,1H3,(H,24,27);2*1H. The van der Waals surface area contributed by atoms with E-state index in [2.05, 4.69) is 20.6 Å². The van der Waals surface area contributed by atoms with Crippen LogP contribution in [0.15, 0.2) is 41.8 Å². The molecule has 1 aliphatic rings. The number of imidazole rings is 1. The minimum absolute atomic E-state index is 0. The fourth-order valence-electron chi connectivity index (χ4n) is 3.73. The van der Waals surface area contributed by atoms with E-state index in [0.717, 1.165) is 31.6 Å². The lowest BCUT2D eigenvalue weighted by Gasteiger charge is -2.23. The number of amides is 1. The third-order valence-electron chi connectivity index (χ3n) is 5.28. The molecule has 0 radical (unpaired) electrons. The molecule has 3 aromatic heterocycles. The van der Waals surface area contributed by atoms with E-state index >= 15 is 0 Å². The van der Waals surface area contributed by atoms with E-state index in [1.807, 2.05) is 10.5 Å². The zero-order valence-corrected chi connectivity index (χ0v) is 18.3. The summed E-state index contributed by atoms with van der Waals surface area (Å²) in [6.45, 7) is 4.65. The molecule has 0 bridgehead atoms. The van der Waals surface area contributed by atoms with Crippen molar-refractivity contribution in [2.45, 2.75) is 32.9 Å². The van der Waals surface area contributed by atoms with E-state index in [4.69, 9.17) is 0 Å². The number of nitrogens with one attached hydrogen (secondary N) is 2. The Bertz CT molecular complexity index is 1060. The van der Waals surface area contributed by atoms with Crippen LogP contribution in [0.5, 0.6) is 0 Å². The summed E-state index contributed by atoms with van der Waals surface area (Å²) in [5.74, 6) is 0.0551. The van der Waals surface area contributed by atoms with Crippen molar-refractivity contribution in [3.05, 3.63) is 64.2 Å². The number of hydrogen-bond acceptors (Lipinski definition) is 5. The van der Waals surface area contributed by atoms with E-state index in [-0.39, 0.29) is 48.4 Å². The van der Waals surface area contributed by atoms with Gasteiger partial charge in [0.25, 0.3) is 11.5 Å². The molecule has 1 fully saturated rings. The minimum atomic E-state index is -0.359. The van der Waals surface area contributed by atoms with Crippen molar-refractivity contribution in [1.82, 2.24) is 29.6 Å². The normalized spacial score (nSPS) is 15.8. The summed E-state index contributed by atoms with van der Waals surface area (Å²) in [4.78, 5) is 34.0. The monoisotopic (exact) mass is 452 g/mol. The summed E-state index contributed by atoms with van der Waals surface area (Å²) >= 11 is 0. The molecule has 3 aromatic rings. The Labute approximate surface area is 186 Å². The number of piperidine rings is 1. The molecule has 4 rings (SSSR count). The predicted octanol–water partition coefficient (Wildman–Crippen LogP) is 1.97. The molecule has 10 heteroatoms. The van der Waals surface area contributed by atoms with Crippen LogP contribution >= 0.6 is 24.8 Å². The first-order chi connectivity index (χ1) is 13.6. The van der Waals surface area contributed by atoms with Gasteiger partial charge in [0, 0.05) is 25.1 Å². The number of carbonyl (C=O) groups excluding carboxylic acids is 1. The fourth-order valence-corrected chi connectivity index (χ4v) is 3.73. The number of fused-ring (bicyclic) bond motifs is 1. The molecular formula is C20H26Cl2N6O2. The number of rotatable bonds is 5. The van der Waals surface area contributed by atoms with Gasteiger partial charge >= 0.3 is 0 Å². The average Bonchev–Trinajstić information content (AvgIpc) is 3.13. The van der Waals surface area contributed by atoms with Crippen molar-refractivity contribution in [2.24, 2.45) is 5.92 Å². The molecule has 162 valence electrons. The van der Waals surface area contributed by atoms with Crippen LogP contribution < -0.4 is 16.2 Å². The number of aromatic nitrogens is 4. The van der Waals surface area contributed by atoms with Gasteiger partial charge in [0.15, 0.2) is 5.65 Å². The Kier molecular flexibility index (Phi) is 8.40. The topological polar surface area (TPSA) is 93.3 Å². The van der Waals surface area contributed by atoms with Crippen molar-refractivity contribution in [1.29, 1.82) is 0 Å². The summed E-state index contributed by atoms with van der Waals surface area (Å²) in [6, 6.07) is 1.84. The van der Waals surface area contributed by atoms with Gasteiger partial charge in [0.1, 0.15) is 5.56 Å². The highest BCUT2D eigenvalue weighted by atomic mass is 35.5. The van der Waals surface area contributed by atoms with E-state index in [0.29, 0.717) is 23.7 Å². The SMILES string of the molecule is Cc1ccn(CC2CCCNC2)c(=O)c1C(=O)NCc1cnc2cnccn12.Cl.Cl. The van der Waals surface area contributed by atoms with Crippen molar-refractivity contribution in [3.63, 3.8) is 0 Å². The molecule has 0 spiro atoms. The molecule has 0 aliphatic carbocycles. The molecule has 4 heterocycles. The van der Waals surface area contributed by atoms with Gasteiger partial charge in [-0.3, -0.25) is 19.0 Å². The highest BCUT2D eigenvalue weighted by Crippen LogP contribution is 2.12. The molecule has 1 unspecified atom stereocenters. The molecule has 0 aromatic carbocycles. The quantitative estimate of drug-likeness (QED) is 0.616. The molecular weight excluding hydrogens is 427 g/mol. The Balaban J connectivity index is 0.00000160. The largest absolute Gasteiger partial charge is 0.346 e. The van der Waals surface area contributed by atoms with Gasteiger partial charge in [0.2, 0.25) is 0 Å². The van der Waals surface area contributed by atoms with E-state index in [9.17, 15) is 9.59 Å². The molecule has 1 saturated heterocycles. The van der Waals surface area contributed by atoms with Crippen LogP contribution in [0, 0.1) is 12.8 Å². The summed E-state index contributed by atoms with van der Waals surface area (Å²) in [5, 5.41) is 6.23. The van der Waals surface area contributed by atoms with Crippen LogP contribution in [0.4, 0.5) is 0 Å². The molecule has 8 nitrogen and oxygen atoms in total. The molecule has 30 heavy (non-hydrogen) atoms. The van der Waals surface area contributed by atoms with Gasteiger partial charge in [-0.2, -0.15) is 0 Å². The van der Waals surface area contributed by atoms with Crippen LogP contribution in [-0.2, 0) is 13.1 Å². The first-order valence-electron chi connectivity index (χ1n) is 9.58. The molecule has 0 saturated carbocycles. The number of halogens is 2. The zero-order chi connectivity index (χ0) is 19.5. The lowest BCUT2D eigenvalue weighted by atomic mass is 9.99. The lowest BCUT2D eigenvalue weighted by Crippen LogP contribution is -2.38. The number of pyridine rings is 1. The Morgan fingerprint density at radius 3 is 2.90 bits per heavy atom. The summed E-state index contributed by atoms with van der Waals surface area (Å²) < 4.78 is 3.53. The van der Waals surface area contributed by atoms with Crippen LogP contribution in [0.1, 0.15) is 34.5 Å². The predicted molar refractivity (Wildman–Crippen MR) is 120 cm³/mol. The van der Waals surface area contributed by atoms with Gasteiger partial charge in [-0.1, -0.05) is 0 Å². The van der Waals surface area contributed by atoms with Gasteiger partial charge in [-0.25, -0.2) is 4.98 Å². The highest BCUT2D eigenvalue weighted by Gasteiger charge is 2.19. The fraction of sp³-hybridized carbons (Fsp3) is 0.400. The number of hydrogen-bond donors (Lipinski definition) is 2. The first kappa shape index (κ1) is 23.9. The maximum Gasteiger partial charge on any atom is 0.263 e. The van der Waals surface area contributed by atoms with Gasteiger partial charge in [0.05, 0.1) is 24.6 Å². The van der Waals surface area contributed by atoms with Gasteiger partial charge in [-0.15, -0.1) is 24.8 Å².